The molecule has 33 heteroatoms. The summed E-state index contributed by atoms with van der Waals surface area (Å²) in [6, 6.07) is -6.67. The highest BCUT2D eigenvalue weighted by molar-refractivity contribution is 7.09. The third-order valence-electron chi connectivity index (χ3n) is 13.4. The standard InChI is InChI=1S/C48H79N19O13S/c49-28(9-3-14-56-46(50)51)38(72)62-30(11-4-15-57-47(52)53)43(77)66-18-6-13-34(66)44(78)67-23-26(69)20-35(67)41(75)59-22-36(70)61-32(21-27-8-7-19-81-27)39(73)64-33(25-68)40(74)63-29-10-1-2-17-65(42(29)76)24-37(71)60-31(45(79)80)12-5-16-58-48(54)55/h7-8,19,26,28-35,68-69H,1-6,9-18,20-25,49H2,(H,59,75)(H,60,71)(H,61,70)(H,62,72)(H,63,74)(H,64,73)(H,79,80)(H4,50,51,56)(H4,52,53,57)(H4,54,55,58)/t26?,28-,29-,30+,31+,32+,33+,34+,35+/m1/s1. The first-order valence-corrected chi connectivity index (χ1v) is 27.5. The fraction of sp³-hybridized carbons (Fsp3) is 0.646. The van der Waals surface area contributed by atoms with Crippen molar-refractivity contribution in [3.05, 3.63) is 22.4 Å². The summed E-state index contributed by atoms with van der Waals surface area (Å²) in [6.45, 7) is -1.73. The van der Waals surface area contributed by atoms with Crippen molar-refractivity contribution in [1.29, 1.82) is 0 Å². The van der Waals surface area contributed by atoms with Gasteiger partial charge in [0.25, 0.3) is 0 Å². The number of amides is 9. The number of hydrogen-bond acceptors (Lipinski definition) is 17. The summed E-state index contributed by atoms with van der Waals surface area (Å²) >= 11 is 1.26. The molecule has 0 bridgehead atoms. The molecule has 1 aromatic heterocycles. The van der Waals surface area contributed by atoms with Crippen LogP contribution in [0.15, 0.2) is 32.5 Å². The average Bonchev–Trinajstić information content (AvgIpc) is 4.33. The Morgan fingerprint density at radius 2 is 1.32 bits per heavy atom. The van der Waals surface area contributed by atoms with Crippen LogP contribution < -0.4 is 72.0 Å². The highest BCUT2D eigenvalue weighted by Gasteiger charge is 2.46. The Kier molecular flexibility index (Phi) is 26.7. The molecule has 9 atom stereocenters. The van der Waals surface area contributed by atoms with Crippen LogP contribution in [-0.4, -0.2) is 220 Å². The Bertz CT molecular complexity index is 2440. The normalized spacial score (nSPS) is 19.7. The molecule has 0 radical (unpaired) electrons. The lowest BCUT2D eigenvalue weighted by atomic mass is 10.1. The van der Waals surface area contributed by atoms with Gasteiger partial charge < -0.3 is 102 Å². The van der Waals surface area contributed by atoms with E-state index in [0.717, 1.165) is 4.90 Å². The van der Waals surface area contributed by atoms with E-state index in [0.29, 0.717) is 30.6 Å². The van der Waals surface area contributed by atoms with Crippen molar-refractivity contribution in [1.82, 2.24) is 46.6 Å². The molecule has 81 heavy (non-hydrogen) atoms. The third-order valence-corrected chi connectivity index (χ3v) is 14.3. The van der Waals surface area contributed by atoms with Gasteiger partial charge in [-0.3, -0.25) is 58.1 Å². The fourth-order valence-corrected chi connectivity index (χ4v) is 10.1. The Labute approximate surface area is 471 Å². The molecule has 0 saturated carbocycles. The molecule has 3 aliphatic heterocycles. The van der Waals surface area contributed by atoms with Crippen molar-refractivity contribution in [2.75, 3.05) is 59.0 Å². The van der Waals surface area contributed by atoms with E-state index in [2.05, 4.69) is 46.9 Å². The van der Waals surface area contributed by atoms with Crippen LogP contribution in [-0.2, 0) is 54.4 Å². The monoisotopic (exact) mass is 1160 g/mol. The van der Waals surface area contributed by atoms with Crippen LogP contribution in [0.4, 0.5) is 0 Å². The number of carbonyl (C=O) groups is 10. The van der Waals surface area contributed by atoms with E-state index in [1.807, 2.05) is 0 Å². The molecule has 4 rings (SSSR count). The Balaban J connectivity index is 1.38. The van der Waals surface area contributed by atoms with Crippen LogP contribution in [0, 0.1) is 0 Å². The molecule has 3 aliphatic rings. The number of carbonyl (C=O) groups excluding carboxylic acids is 9. The van der Waals surface area contributed by atoms with E-state index < -0.39 is 133 Å². The topological polar surface area (TPSA) is 533 Å². The van der Waals surface area contributed by atoms with Gasteiger partial charge in [-0.25, -0.2) is 4.79 Å². The molecule has 23 N–H and O–H groups in total. The number of aliphatic hydroxyl groups excluding tert-OH is 2. The smallest absolute Gasteiger partial charge is 0.326 e. The van der Waals surface area contributed by atoms with Crippen molar-refractivity contribution >= 4 is 88.3 Å². The second kappa shape index (κ2) is 33.0. The number of likely N-dealkylation sites (tertiary alicyclic amines) is 3. The highest BCUT2D eigenvalue weighted by Crippen LogP contribution is 2.27. The van der Waals surface area contributed by atoms with Gasteiger partial charge in [0.15, 0.2) is 17.9 Å². The number of nitrogens with zero attached hydrogens (tertiary/aromatic N) is 6. The molecule has 9 amide bonds. The second-order valence-corrected chi connectivity index (χ2v) is 20.8. The summed E-state index contributed by atoms with van der Waals surface area (Å²) in [5, 5.41) is 47.4. The maximum atomic E-state index is 14.3. The Morgan fingerprint density at radius 3 is 1.93 bits per heavy atom. The zero-order valence-electron chi connectivity index (χ0n) is 45.0. The number of rotatable bonds is 31. The van der Waals surface area contributed by atoms with Gasteiger partial charge in [0.1, 0.15) is 42.3 Å². The molecule has 32 nitrogen and oxygen atoms in total. The Hall–Kier alpha value is -7.91. The summed E-state index contributed by atoms with van der Waals surface area (Å²) < 4.78 is 0. The molecule has 0 aromatic carbocycles. The number of hydrogen-bond donors (Lipinski definition) is 16. The van der Waals surface area contributed by atoms with E-state index in [1.165, 1.54) is 21.1 Å². The molecule has 0 spiro atoms. The first-order valence-electron chi connectivity index (χ1n) is 26.6. The quantitative estimate of drug-likeness (QED) is 0.0187. The first-order chi connectivity index (χ1) is 38.5. The summed E-state index contributed by atoms with van der Waals surface area (Å²) in [6.07, 6.45) is 1.26. The van der Waals surface area contributed by atoms with Crippen molar-refractivity contribution in [2.24, 2.45) is 55.1 Å². The van der Waals surface area contributed by atoms with E-state index in [1.54, 1.807) is 17.5 Å². The van der Waals surface area contributed by atoms with E-state index >= 15 is 0 Å². The number of β-amino-alcohol motifs (C(OH)–C–C–N with tert-alkyl or cyclic N) is 1. The minimum absolute atomic E-state index is 0.00257. The van der Waals surface area contributed by atoms with Gasteiger partial charge in [-0.05, 0) is 82.1 Å². The minimum atomic E-state index is -1.64. The summed E-state index contributed by atoms with van der Waals surface area (Å²) in [7, 11) is 0. The maximum absolute atomic E-state index is 14.3. The second-order valence-electron chi connectivity index (χ2n) is 19.7. The number of carboxylic acids is 1. The molecule has 450 valence electrons. The van der Waals surface area contributed by atoms with Crippen molar-refractivity contribution < 1.29 is 63.3 Å². The number of thiophene rings is 1. The molecule has 1 unspecified atom stereocenters. The van der Waals surface area contributed by atoms with Gasteiger partial charge in [-0.2, -0.15) is 0 Å². The van der Waals surface area contributed by atoms with Crippen LogP contribution in [0.2, 0.25) is 0 Å². The number of nitrogens with one attached hydrogen (secondary N) is 6. The SMILES string of the molecule is NC(N)=NCCC[C@@H](N)C(=O)N[C@@H](CCCN=C(N)N)C(=O)N1CCC[C@H]1C(=O)N1CC(O)C[C@H]1C(=O)NCC(=O)N[C@@H](Cc1cccs1)C(=O)N[C@@H](CO)C(=O)N[C@@H]1CCCCN(CC(=O)N[C@@H](CCCN=C(N)N)C(=O)O)C1=O. The number of guanidine groups is 3. The number of nitrogens with two attached hydrogens (primary N) is 7. The zero-order chi connectivity index (χ0) is 59.8. The van der Waals surface area contributed by atoms with Crippen molar-refractivity contribution in [3.63, 3.8) is 0 Å². The molecular formula is C48H79N19O13S. The summed E-state index contributed by atoms with van der Waals surface area (Å²) in [5.41, 5.74) is 38.4. The van der Waals surface area contributed by atoms with Gasteiger partial charge in [0.2, 0.25) is 53.2 Å². The van der Waals surface area contributed by atoms with E-state index in [9.17, 15) is 63.3 Å². The zero-order valence-corrected chi connectivity index (χ0v) is 45.9. The van der Waals surface area contributed by atoms with Gasteiger partial charge >= 0.3 is 5.97 Å². The van der Waals surface area contributed by atoms with Crippen LogP contribution in [0.25, 0.3) is 0 Å². The van der Waals surface area contributed by atoms with Crippen molar-refractivity contribution in [2.45, 2.75) is 138 Å². The number of aliphatic hydroxyl groups is 2. The van der Waals surface area contributed by atoms with Crippen LogP contribution in [0.5, 0.6) is 0 Å². The van der Waals surface area contributed by atoms with Crippen LogP contribution in [0.3, 0.4) is 0 Å². The lowest BCUT2D eigenvalue weighted by molar-refractivity contribution is -0.148. The van der Waals surface area contributed by atoms with Crippen molar-refractivity contribution in [3.8, 4) is 0 Å². The molecule has 0 aliphatic carbocycles. The highest BCUT2D eigenvalue weighted by atomic mass is 32.1. The largest absolute Gasteiger partial charge is 0.480 e. The lowest BCUT2D eigenvalue weighted by Gasteiger charge is -2.33. The Morgan fingerprint density at radius 1 is 0.704 bits per heavy atom. The van der Waals surface area contributed by atoms with E-state index in [-0.39, 0.29) is 115 Å². The lowest BCUT2D eigenvalue weighted by Crippen LogP contribution is -2.59. The van der Waals surface area contributed by atoms with Crippen LogP contribution >= 0.6 is 11.3 Å². The predicted octanol–water partition coefficient (Wildman–Crippen LogP) is -7.64. The van der Waals surface area contributed by atoms with Gasteiger partial charge in [-0.15, -0.1) is 11.3 Å². The molecule has 3 saturated heterocycles. The third kappa shape index (κ3) is 21.6. The fourth-order valence-electron chi connectivity index (χ4n) is 9.35. The summed E-state index contributed by atoms with van der Waals surface area (Å²) in [4.78, 5) is 151. The van der Waals surface area contributed by atoms with Crippen LogP contribution in [0.1, 0.15) is 81.9 Å². The maximum Gasteiger partial charge on any atom is 0.326 e. The molecule has 3 fully saturated rings. The molecule has 4 heterocycles. The van der Waals surface area contributed by atoms with Gasteiger partial charge in [0.05, 0.1) is 31.8 Å². The molecule has 1 aromatic rings. The molecular weight excluding hydrogens is 1080 g/mol. The van der Waals surface area contributed by atoms with Gasteiger partial charge in [0, 0.05) is 57.0 Å². The van der Waals surface area contributed by atoms with E-state index in [4.69, 9.17) is 40.1 Å². The minimum Gasteiger partial charge on any atom is -0.480 e. The summed E-state index contributed by atoms with van der Waals surface area (Å²) in [5.74, 6) is -8.65. The van der Waals surface area contributed by atoms with Gasteiger partial charge in [-0.1, -0.05) is 6.07 Å². The number of carboxylic acid groups (broad SMARTS) is 1. The first kappa shape index (κ1) is 65.6. The number of aliphatic imine (C=N–C) groups is 3. The predicted molar refractivity (Wildman–Crippen MR) is 294 cm³/mol. The number of aliphatic carboxylic acids is 1. The average molecular weight is 1160 g/mol.